The van der Waals surface area contributed by atoms with E-state index in [4.69, 9.17) is 4.98 Å². The molecule has 0 aliphatic carbocycles. The lowest BCUT2D eigenvalue weighted by molar-refractivity contribution is 0.353. The molecule has 0 spiro atoms. The smallest absolute Gasteiger partial charge is 0.258 e. The fraction of sp³-hybridized carbons (Fsp3) is 0.381. The first-order valence-corrected chi connectivity index (χ1v) is 10.0. The summed E-state index contributed by atoms with van der Waals surface area (Å²) in [4.78, 5) is 24.3. The Morgan fingerprint density at radius 2 is 1.90 bits per heavy atom. The zero-order chi connectivity index (χ0) is 21.0. The molecule has 30 heavy (non-hydrogen) atoms. The molecule has 4 aromatic heterocycles. The van der Waals surface area contributed by atoms with Crippen molar-refractivity contribution in [2.24, 2.45) is 0 Å². The van der Waals surface area contributed by atoms with Crippen LogP contribution in [-0.2, 0) is 0 Å². The summed E-state index contributed by atoms with van der Waals surface area (Å²) in [6.45, 7) is 10.9. The summed E-state index contributed by atoms with van der Waals surface area (Å²) in [5.41, 5.74) is 4.27. The molecule has 1 fully saturated rings. The van der Waals surface area contributed by atoms with Gasteiger partial charge in [-0.1, -0.05) is 0 Å². The van der Waals surface area contributed by atoms with Crippen LogP contribution in [0, 0.1) is 13.8 Å². The van der Waals surface area contributed by atoms with E-state index < -0.39 is 0 Å². The van der Waals surface area contributed by atoms with Gasteiger partial charge in [-0.25, -0.2) is 9.97 Å². The zero-order valence-electron chi connectivity index (χ0n) is 17.5. The highest BCUT2D eigenvalue weighted by atomic mass is 16.1. The quantitative estimate of drug-likeness (QED) is 0.542. The van der Waals surface area contributed by atoms with Gasteiger partial charge in [0.1, 0.15) is 17.2 Å². The molecular weight excluding hydrogens is 380 g/mol. The first-order valence-electron chi connectivity index (χ1n) is 10.0. The molecule has 0 radical (unpaired) electrons. The topological polar surface area (TPSA) is 92.7 Å². The van der Waals surface area contributed by atoms with E-state index in [1.807, 2.05) is 32.2 Å². The Bertz CT molecular complexity index is 1340. The Hall–Kier alpha value is -3.33. The average Bonchev–Trinajstić information content (AvgIpc) is 3.06. The molecule has 0 unspecified atom stereocenters. The number of piperazine rings is 1. The fourth-order valence-electron chi connectivity index (χ4n) is 4.04. The summed E-state index contributed by atoms with van der Waals surface area (Å²) < 4.78 is 3.09. The molecule has 0 bridgehead atoms. The molecule has 0 saturated carbocycles. The van der Waals surface area contributed by atoms with Crippen molar-refractivity contribution in [3.8, 4) is 11.4 Å². The van der Waals surface area contributed by atoms with E-state index in [1.54, 1.807) is 4.40 Å². The highest BCUT2D eigenvalue weighted by Crippen LogP contribution is 2.23. The molecule has 1 aliphatic heterocycles. The molecule has 5 rings (SSSR count). The van der Waals surface area contributed by atoms with Gasteiger partial charge in [-0.15, -0.1) is 14.8 Å². The number of aromatic nitrogens is 6. The predicted octanol–water partition coefficient (Wildman–Crippen LogP) is 1.60. The predicted molar refractivity (Wildman–Crippen MR) is 115 cm³/mol. The third-order valence-electron chi connectivity index (χ3n) is 5.44. The standard InChI is InChI=1S/C21H24N8O/c1-13-9-15(27-8-7-22-21(3,4)12-27)11-28-19(30)10-17(24-20(13)28)16-5-6-18-23-14(2)25-29(18)26-16/h5-6,9-11,22H,7-8,12H2,1-4H3. The molecule has 5 heterocycles. The minimum Gasteiger partial charge on any atom is -0.367 e. The summed E-state index contributed by atoms with van der Waals surface area (Å²) in [5, 5.41) is 12.2. The van der Waals surface area contributed by atoms with E-state index in [0.29, 0.717) is 28.5 Å². The maximum atomic E-state index is 13.0. The number of hydrogen-bond donors (Lipinski definition) is 1. The molecule has 4 aromatic rings. The van der Waals surface area contributed by atoms with Gasteiger partial charge in [0, 0.05) is 37.4 Å². The second-order valence-electron chi connectivity index (χ2n) is 8.51. The van der Waals surface area contributed by atoms with Crippen LogP contribution in [0.1, 0.15) is 25.2 Å². The van der Waals surface area contributed by atoms with E-state index in [2.05, 4.69) is 45.3 Å². The monoisotopic (exact) mass is 404 g/mol. The number of fused-ring (bicyclic) bond motifs is 2. The van der Waals surface area contributed by atoms with Gasteiger partial charge in [0.25, 0.3) is 5.56 Å². The molecule has 1 N–H and O–H groups in total. The van der Waals surface area contributed by atoms with Crippen LogP contribution >= 0.6 is 0 Å². The summed E-state index contributed by atoms with van der Waals surface area (Å²) in [6.07, 6.45) is 1.89. The fourth-order valence-corrected chi connectivity index (χ4v) is 4.04. The van der Waals surface area contributed by atoms with Gasteiger partial charge in [0.15, 0.2) is 5.65 Å². The Labute approximate surface area is 173 Å². The van der Waals surface area contributed by atoms with Crippen molar-refractivity contribution in [1.29, 1.82) is 0 Å². The Morgan fingerprint density at radius 1 is 1.07 bits per heavy atom. The molecular formula is C21H24N8O. The van der Waals surface area contributed by atoms with Gasteiger partial charge >= 0.3 is 0 Å². The third kappa shape index (κ3) is 3.21. The summed E-state index contributed by atoms with van der Waals surface area (Å²) >= 11 is 0. The summed E-state index contributed by atoms with van der Waals surface area (Å²) in [6, 6.07) is 7.27. The minimum absolute atomic E-state index is 0.0260. The van der Waals surface area contributed by atoms with Crippen molar-refractivity contribution in [2.45, 2.75) is 33.2 Å². The number of nitrogens with one attached hydrogen (secondary N) is 1. The average molecular weight is 404 g/mol. The van der Waals surface area contributed by atoms with Crippen LogP contribution in [0.25, 0.3) is 22.7 Å². The van der Waals surface area contributed by atoms with Crippen molar-refractivity contribution >= 4 is 17.0 Å². The molecule has 0 atom stereocenters. The molecule has 9 nitrogen and oxygen atoms in total. The number of pyridine rings is 1. The van der Waals surface area contributed by atoms with Gasteiger partial charge in [-0.2, -0.15) is 0 Å². The van der Waals surface area contributed by atoms with Crippen LogP contribution in [0.2, 0.25) is 0 Å². The largest absolute Gasteiger partial charge is 0.367 e. The van der Waals surface area contributed by atoms with E-state index in [0.717, 1.165) is 30.9 Å². The van der Waals surface area contributed by atoms with Gasteiger partial charge < -0.3 is 10.2 Å². The maximum absolute atomic E-state index is 13.0. The number of hydrogen-bond acceptors (Lipinski definition) is 7. The number of rotatable bonds is 2. The highest BCUT2D eigenvalue weighted by molar-refractivity contribution is 5.63. The van der Waals surface area contributed by atoms with Crippen molar-refractivity contribution < 1.29 is 0 Å². The first kappa shape index (κ1) is 18.7. The first-order chi connectivity index (χ1) is 14.3. The van der Waals surface area contributed by atoms with E-state index >= 15 is 0 Å². The van der Waals surface area contributed by atoms with Crippen LogP contribution in [-0.4, -0.2) is 54.4 Å². The van der Waals surface area contributed by atoms with E-state index in [1.165, 1.54) is 10.7 Å². The van der Waals surface area contributed by atoms with E-state index in [-0.39, 0.29) is 11.1 Å². The molecule has 1 aliphatic rings. The van der Waals surface area contributed by atoms with Crippen molar-refractivity contribution in [2.75, 3.05) is 24.5 Å². The summed E-state index contributed by atoms with van der Waals surface area (Å²) in [7, 11) is 0. The molecule has 154 valence electrons. The van der Waals surface area contributed by atoms with Gasteiger partial charge in [0.05, 0.1) is 11.4 Å². The zero-order valence-corrected chi connectivity index (χ0v) is 17.5. The Kier molecular flexibility index (Phi) is 4.11. The normalized spacial score (nSPS) is 16.5. The van der Waals surface area contributed by atoms with Crippen LogP contribution in [0.3, 0.4) is 0 Å². The van der Waals surface area contributed by atoms with E-state index in [9.17, 15) is 4.79 Å². The second kappa shape index (κ2) is 6.60. The molecule has 0 aromatic carbocycles. The molecule has 1 saturated heterocycles. The number of anilines is 1. The lowest BCUT2D eigenvalue weighted by Crippen LogP contribution is -2.57. The van der Waals surface area contributed by atoms with Crippen LogP contribution < -0.4 is 15.8 Å². The van der Waals surface area contributed by atoms with Crippen molar-refractivity contribution in [3.05, 3.63) is 52.2 Å². The van der Waals surface area contributed by atoms with Gasteiger partial charge in [-0.05, 0) is 51.5 Å². The van der Waals surface area contributed by atoms with Crippen LogP contribution in [0.15, 0.2) is 35.3 Å². The second-order valence-corrected chi connectivity index (χ2v) is 8.51. The maximum Gasteiger partial charge on any atom is 0.258 e. The molecule has 0 amide bonds. The lowest BCUT2D eigenvalue weighted by Gasteiger charge is -2.40. The van der Waals surface area contributed by atoms with Crippen molar-refractivity contribution in [1.82, 2.24) is 34.5 Å². The lowest BCUT2D eigenvalue weighted by atomic mass is 10.0. The Morgan fingerprint density at radius 3 is 2.70 bits per heavy atom. The third-order valence-corrected chi connectivity index (χ3v) is 5.44. The van der Waals surface area contributed by atoms with Gasteiger partial charge in [0.2, 0.25) is 0 Å². The molecule has 9 heteroatoms. The Balaban J connectivity index is 1.60. The number of nitrogens with zero attached hydrogens (tertiary/aromatic N) is 7. The van der Waals surface area contributed by atoms with Gasteiger partial charge in [-0.3, -0.25) is 9.20 Å². The minimum atomic E-state index is -0.133. The SMILES string of the molecule is Cc1nc2ccc(-c3cc(=O)n4cc(N5CCNC(C)(C)C5)cc(C)c4n3)nn2n1. The van der Waals surface area contributed by atoms with Crippen LogP contribution in [0.5, 0.6) is 0 Å². The highest BCUT2D eigenvalue weighted by Gasteiger charge is 2.26. The number of aryl methyl sites for hydroxylation is 2. The van der Waals surface area contributed by atoms with Crippen molar-refractivity contribution in [3.63, 3.8) is 0 Å². The van der Waals surface area contributed by atoms with Crippen LogP contribution in [0.4, 0.5) is 5.69 Å². The summed E-state index contributed by atoms with van der Waals surface area (Å²) in [5.74, 6) is 0.644.